The van der Waals surface area contributed by atoms with E-state index in [4.69, 9.17) is 9.84 Å². The molecule has 0 heterocycles. The number of carbonyl (C=O) groups excluding carboxylic acids is 2. The molecule has 3 rings (SSSR count). The number of nitrogens with one attached hydrogen (secondary N) is 2. The number of benzene rings is 2. The maximum absolute atomic E-state index is 12.6. The lowest BCUT2D eigenvalue weighted by molar-refractivity contribution is -0.138. The minimum atomic E-state index is -0.873. The first-order chi connectivity index (χ1) is 16.4. The zero-order valence-corrected chi connectivity index (χ0v) is 19.9. The highest BCUT2D eigenvalue weighted by molar-refractivity contribution is 5.79. The SMILES string of the molecule is CCC[C@H](CC(=O)NCC(CC)CC(=O)O)NC(=O)OCC1c2ccccc2-c2ccccc21. The number of ether oxygens (including phenoxy) is 1. The van der Waals surface area contributed by atoms with Gasteiger partial charge in [0.25, 0.3) is 0 Å². The van der Waals surface area contributed by atoms with Crippen LogP contribution in [-0.4, -0.2) is 42.3 Å². The van der Waals surface area contributed by atoms with Crippen LogP contribution in [0, 0.1) is 5.92 Å². The summed E-state index contributed by atoms with van der Waals surface area (Å²) in [6.07, 6.45) is 1.73. The number of alkyl carbamates (subject to hydrolysis) is 1. The summed E-state index contributed by atoms with van der Waals surface area (Å²) in [6, 6.07) is 16.0. The summed E-state index contributed by atoms with van der Waals surface area (Å²) in [6.45, 7) is 4.42. The van der Waals surface area contributed by atoms with Gasteiger partial charge in [-0.15, -0.1) is 0 Å². The summed E-state index contributed by atoms with van der Waals surface area (Å²) in [5.74, 6) is -1.21. The lowest BCUT2D eigenvalue weighted by Crippen LogP contribution is -2.40. The smallest absolute Gasteiger partial charge is 0.407 e. The van der Waals surface area contributed by atoms with Crippen LogP contribution in [0.2, 0.25) is 0 Å². The van der Waals surface area contributed by atoms with Gasteiger partial charge in [0.05, 0.1) is 0 Å². The van der Waals surface area contributed by atoms with Crippen molar-refractivity contribution in [1.29, 1.82) is 0 Å². The van der Waals surface area contributed by atoms with Crippen LogP contribution in [0.25, 0.3) is 11.1 Å². The van der Waals surface area contributed by atoms with Gasteiger partial charge in [-0.1, -0.05) is 75.2 Å². The Morgan fingerprint density at radius 2 is 1.59 bits per heavy atom. The second kappa shape index (κ2) is 12.2. The second-order valence-corrected chi connectivity index (χ2v) is 8.84. The summed E-state index contributed by atoms with van der Waals surface area (Å²) in [7, 11) is 0. The molecule has 2 amide bonds. The Balaban J connectivity index is 1.53. The number of hydrogen-bond acceptors (Lipinski definition) is 4. The molecule has 182 valence electrons. The number of fused-ring (bicyclic) bond motifs is 3. The first kappa shape index (κ1) is 25.3. The summed E-state index contributed by atoms with van der Waals surface area (Å²) < 4.78 is 5.61. The van der Waals surface area contributed by atoms with Gasteiger partial charge in [0.1, 0.15) is 6.61 Å². The first-order valence-electron chi connectivity index (χ1n) is 12.0. The number of amides is 2. The third kappa shape index (κ3) is 6.59. The fourth-order valence-corrected chi connectivity index (χ4v) is 4.54. The zero-order chi connectivity index (χ0) is 24.5. The number of hydrogen-bond donors (Lipinski definition) is 3. The predicted molar refractivity (Wildman–Crippen MR) is 131 cm³/mol. The van der Waals surface area contributed by atoms with Gasteiger partial charge in [0.2, 0.25) is 5.91 Å². The van der Waals surface area contributed by atoms with E-state index in [1.54, 1.807) is 0 Å². The van der Waals surface area contributed by atoms with Gasteiger partial charge < -0.3 is 20.5 Å². The van der Waals surface area contributed by atoms with Crippen LogP contribution < -0.4 is 10.6 Å². The van der Waals surface area contributed by atoms with Gasteiger partial charge in [-0.05, 0) is 34.6 Å². The summed E-state index contributed by atoms with van der Waals surface area (Å²) >= 11 is 0. The van der Waals surface area contributed by atoms with Crippen molar-refractivity contribution in [1.82, 2.24) is 10.6 Å². The van der Waals surface area contributed by atoms with Crippen LogP contribution in [0.5, 0.6) is 0 Å². The van der Waals surface area contributed by atoms with Crippen LogP contribution in [0.15, 0.2) is 48.5 Å². The summed E-state index contributed by atoms with van der Waals surface area (Å²) in [4.78, 5) is 35.9. The van der Waals surface area contributed by atoms with Crippen molar-refractivity contribution in [3.05, 3.63) is 59.7 Å². The number of aliphatic carboxylic acids is 1. The highest BCUT2D eigenvalue weighted by Gasteiger charge is 2.29. The quantitative estimate of drug-likeness (QED) is 0.421. The van der Waals surface area contributed by atoms with Crippen molar-refractivity contribution in [3.8, 4) is 11.1 Å². The van der Waals surface area contributed by atoms with E-state index in [1.165, 1.54) is 11.1 Å². The minimum Gasteiger partial charge on any atom is -0.481 e. The van der Waals surface area contributed by atoms with E-state index < -0.39 is 12.1 Å². The molecular formula is C27H34N2O5. The Bertz CT molecular complexity index is 961. The molecule has 1 aliphatic carbocycles. The van der Waals surface area contributed by atoms with Crippen molar-refractivity contribution in [2.45, 2.75) is 57.9 Å². The maximum atomic E-state index is 12.6. The number of carboxylic acids is 1. The molecule has 0 radical (unpaired) electrons. The molecule has 0 bridgehead atoms. The Hall–Kier alpha value is -3.35. The molecule has 1 aliphatic rings. The molecule has 0 spiro atoms. The van der Waals surface area contributed by atoms with Crippen molar-refractivity contribution in [3.63, 3.8) is 0 Å². The number of carbonyl (C=O) groups is 3. The molecule has 7 nitrogen and oxygen atoms in total. The third-order valence-electron chi connectivity index (χ3n) is 6.36. The summed E-state index contributed by atoms with van der Waals surface area (Å²) in [5.41, 5.74) is 4.63. The monoisotopic (exact) mass is 466 g/mol. The molecule has 3 N–H and O–H groups in total. The average molecular weight is 467 g/mol. The topological polar surface area (TPSA) is 105 Å². The Kier molecular flexibility index (Phi) is 9.08. The van der Waals surface area contributed by atoms with Crippen molar-refractivity contribution >= 4 is 18.0 Å². The molecule has 0 saturated carbocycles. The molecule has 0 aliphatic heterocycles. The molecule has 0 fully saturated rings. The molecular weight excluding hydrogens is 432 g/mol. The fraction of sp³-hybridized carbons (Fsp3) is 0.444. The van der Waals surface area contributed by atoms with Crippen LogP contribution in [0.1, 0.15) is 63.0 Å². The molecule has 2 aromatic carbocycles. The number of rotatable bonds is 12. The van der Waals surface area contributed by atoms with Crippen LogP contribution in [0.3, 0.4) is 0 Å². The van der Waals surface area contributed by atoms with Gasteiger partial charge in [-0.25, -0.2) is 4.79 Å². The molecule has 1 unspecified atom stereocenters. The van der Waals surface area contributed by atoms with Gasteiger partial charge in [-0.3, -0.25) is 9.59 Å². The average Bonchev–Trinajstić information content (AvgIpc) is 3.14. The van der Waals surface area contributed by atoms with Gasteiger partial charge in [0, 0.05) is 31.3 Å². The van der Waals surface area contributed by atoms with E-state index in [9.17, 15) is 14.4 Å². The summed E-state index contributed by atoms with van der Waals surface area (Å²) in [5, 5.41) is 14.6. The molecule has 2 atom stereocenters. The molecule has 34 heavy (non-hydrogen) atoms. The first-order valence-corrected chi connectivity index (χ1v) is 12.0. The maximum Gasteiger partial charge on any atom is 0.407 e. The van der Waals surface area contributed by atoms with Crippen molar-refractivity contribution in [2.24, 2.45) is 5.92 Å². The normalized spacial score (nSPS) is 13.9. The van der Waals surface area contributed by atoms with Gasteiger partial charge in [-0.2, -0.15) is 0 Å². The second-order valence-electron chi connectivity index (χ2n) is 8.84. The Morgan fingerprint density at radius 3 is 2.15 bits per heavy atom. The fourth-order valence-electron chi connectivity index (χ4n) is 4.54. The lowest BCUT2D eigenvalue weighted by Gasteiger charge is -2.20. The van der Waals surface area contributed by atoms with E-state index in [2.05, 4.69) is 34.9 Å². The van der Waals surface area contributed by atoms with Crippen LogP contribution in [0.4, 0.5) is 4.79 Å². The highest BCUT2D eigenvalue weighted by atomic mass is 16.5. The van der Waals surface area contributed by atoms with E-state index in [0.29, 0.717) is 19.4 Å². The minimum absolute atomic E-state index is 0.0210. The van der Waals surface area contributed by atoms with Crippen molar-refractivity contribution < 1.29 is 24.2 Å². The molecule has 0 aromatic heterocycles. The van der Waals surface area contributed by atoms with E-state index in [1.807, 2.05) is 38.1 Å². The predicted octanol–water partition coefficient (Wildman–Crippen LogP) is 4.70. The van der Waals surface area contributed by atoms with Gasteiger partial charge >= 0.3 is 12.1 Å². The van der Waals surface area contributed by atoms with Crippen LogP contribution >= 0.6 is 0 Å². The third-order valence-corrected chi connectivity index (χ3v) is 6.36. The van der Waals surface area contributed by atoms with E-state index >= 15 is 0 Å². The molecule has 7 heteroatoms. The van der Waals surface area contributed by atoms with E-state index in [0.717, 1.165) is 17.5 Å². The highest BCUT2D eigenvalue weighted by Crippen LogP contribution is 2.44. The van der Waals surface area contributed by atoms with E-state index in [-0.39, 0.29) is 43.2 Å². The molecule has 2 aromatic rings. The van der Waals surface area contributed by atoms with Crippen LogP contribution in [-0.2, 0) is 14.3 Å². The molecule has 0 saturated heterocycles. The Labute approximate surface area is 200 Å². The zero-order valence-electron chi connectivity index (χ0n) is 19.9. The lowest BCUT2D eigenvalue weighted by atomic mass is 9.98. The largest absolute Gasteiger partial charge is 0.481 e. The van der Waals surface area contributed by atoms with Gasteiger partial charge in [0.15, 0.2) is 0 Å². The standard InChI is InChI=1S/C27H34N2O5/c1-3-9-19(15-25(30)28-16-18(4-2)14-26(31)32)29-27(33)34-17-24-22-12-7-5-10-20(22)21-11-6-8-13-23(21)24/h5-8,10-13,18-19,24H,3-4,9,14-17H2,1-2H3,(H,28,30)(H,29,33)(H,31,32)/t18?,19-/m1/s1. The number of carboxylic acid groups (broad SMARTS) is 1. The van der Waals surface area contributed by atoms with Crippen molar-refractivity contribution in [2.75, 3.05) is 13.2 Å². The Morgan fingerprint density at radius 1 is 0.971 bits per heavy atom.